The molecule has 11 heteroatoms. The Bertz CT molecular complexity index is 1610. The van der Waals surface area contributed by atoms with Gasteiger partial charge in [-0.25, -0.2) is 12.8 Å². The van der Waals surface area contributed by atoms with Crippen molar-refractivity contribution in [3.05, 3.63) is 87.4 Å². The number of benzene rings is 2. The van der Waals surface area contributed by atoms with E-state index < -0.39 is 50.1 Å². The van der Waals surface area contributed by atoms with Crippen molar-refractivity contribution < 1.29 is 27.5 Å². The molecule has 0 atom stereocenters. The van der Waals surface area contributed by atoms with E-state index in [0.717, 1.165) is 23.5 Å². The molecule has 0 saturated heterocycles. The van der Waals surface area contributed by atoms with E-state index in [2.05, 4.69) is 0 Å². The van der Waals surface area contributed by atoms with Gasteiger partial charge in [-0.2, -0.15) is 0 Å². The van der Waals surface area contributed by atoms with Crippen LogP contribution in [-0.4, -0.2) is 35.5 Å². The van der Waals surface area contributed by atoms with Crippen LogP contribution in [0.1, 0.15) is 16.1 Å². The number of Topliss-reactive ketones (excluding diaryl/α,β-unsaturated/α-hetero) is 1. The van der Waals surface area contributed by atoms with Crippen LogP contribution in [0.15, 0.2) is 69.0 Å². The van der Waals surface area contributed by atoms with Crippen LogP contribution in [-0.2, 0) is 21.1 Å². The third kappa shape index (κ3) is 4.22. The lowest BCUT2D eigenvalue weighted by Gasteiger charge is -2.15. The molecule has 0 unspecified atom stereocenters. The zero-order chi connectivity index (χ0) is 24.6. The lowest BCUT2D eigenvalue weighted by atomic mass is 10.1. The molecule has 2 heterocycles. The van der Waals surface area contributed by atoms with Gasteiger partial charge in [0.2, 0.25) is 0 Å². The zero-order valence-corrected chi connectivity index (χ0v) is 19.0. The summed E-state index contributed by atoms with van der Waals surface area (Å²) in [6, 6.07) is 12.4. The summed E-state index contributed by atoms with van der Waals surface area (Å²) in [4.78, 5) is 37.4. The summed E-state index contributed by atoms with van der Waals surface area (Å²) in [6.07, 6.45) is -0.359. The number of carbonyl (C=O) groups excluding carboxylic acids is 2. The highest BCUT2D eigenvalue weighted by Crippen LogP contribution is 2.29. The first kappa shape index (κ1) is 23.3. The fourth-order valence-corrected chi connectivity index (χ4v) is 5.96. The van der Waals surface area contributed by atoms with Gasteiger partial charge in [-0.15, -0.1) is 11.3 Å². The van der Waals surface area contributed by atoms with E-state index >= 15 is 4.39 Å². The molecule has 4 rings (SSSR count). The summed E-state index contributed by atoms with van der Waals surface area (Å²) >= 11 is 0.996. The summed E-state index contributed by atoms with van der Waals surface area (Å²) < 4.78 is 40.4. The van der Waals surface area contributed by atoms with Crippen LogP contribution in [0.2, 0.25) is 0 Å². The van der Waals surface area contributed by atoms with E-state index in [1.54, 1.807) is 23.6 Å². The standard InChI is InChI=1S/C23H17FN2O6S2/c24-17-11-13(10-14(27)12-34(31,32)19-6-3-9-33-19)7-8-18(17)26-20(22(25)29)21(28)15-4-1-2-5-16(15)23(26)30/h1-9,11,28H,10,12H2,(H2,25,29). The summed E-state index contributed by atoms with van der Waals surface area (Å²) in [5, 5.41) is 12.3. The van der Waals surface area contributed by atoms with Crippen molar-refractivity contribution in [2.24, 2.45) is 5.73 Å². The van der Waals surface area contributed by atoms with Crippen molar-refractivity contribution in [3.8, 4) is 11.4 Å². The van der Waals surface area contributed by atoms with E-state index in [9.17, 15) is 27.9 Å². The van der Waals surface area contributed by atoms with Gasteiger partial charge in [0.25, 0.3) is 11.5 Å². The van der Waals surface area contributed by atoms with Crippen molar-refractivity contribution in [1.82, 2.24) is 4.57 Å². The Balaban J connectivity index is 1.71. The van der Waals surface area contributed by atoms with Crippen molar-refractivity contribution in [1.29, 1.82) is 0 Å². The topological polar surface area (TPSA) is 137 Å². The number of aromatic hydroxyl groups is 1. The number of halogens is 1. The second-order valence-corrected chi connectivity index (χ2v) is 10.6. The van der Waals surface area contributed by atoms with Crippen molar-refractivity contribution in [2.75, 3.05) is 5.75 Å². The maximum Gasteiger partial charge on any atom is 0.269 e. The Hall–Kier alpha value is -3.83. The van der Waals surface area contributed by atoms with Crippen LogP contribution in [0.4, 0.5) is 4.39 Å². The molecule has 174 valence electrons. The summed E-state index contributed by atoms with van der Waals surface area (Å²) in [5.74, 6) is -4.05. The second kappa shape index (κ2) is 8.84. The average molecular weight is 501 g/mol. The zero-order valence-electron chi connectivity index (χ0n) is 17.4. The van der Waals surface area contributed by atoms with E-state index in [1.165, 1.54) is 24.3 Å². The molecule has 34 heavy (non-hydrogen) atoms. The number of ketones is 1. The fourth-order valence-electron chi connectivity index (χ4n) is 3.63. The maximum absolute atomic E-state index is 15.1. The number of primary amides is 1. The van der Waals surface area contributed by atoms with Crippen LogP contribution >= 0.6 is 11.3 Å². The molecule has 0 fully saturated rings. The first-order valence-electron chi connectivity index (χ1n) is 9.83. The molecule has 3 N–H and O–H groups in total. The summed E-state index contributed by atoms with van der Waals surface area (Å²) in [7, 11) is -3.79. The minimum Gasteiger partial charge on any atom is -0.505 e. The molecule has 2 aromatic carbocycles. The number of fused-ring (bicyclic) bond motifs is 1. The molecule has 0 aliphatic carbocycles. The Morgan fingerprint density at radius 2 is 1.76 bits per heavy atom. The maximum atomic E-state index is 15.1. The largest absolute Gasteiger partial charge is 0.505 e. The Morgan fingerprint density at radius 1 is 1.06 bits per heavy atom. The van der Waals surface area contributed by atoms with Crippen LogP contribution in [0.3, 0.4) is 0 Å². The minimum atomic E-state index is -3.79. The number of hydrogen-bond donors (Lipinski definition) is 2. The van der Waals surface area contributed by atoms with Crippen molar-refractivity contribution in [3.63, 3.8) is 0 Å². The number of nitrogens with zero attached hydrogens (tertiary/aromatic N) is 1. The predicted octanol–water partition coefficient (Wildman–Crippen LogP) is 2.58. The van der Waals surface area contributed by atoms with Gasteiger partial charge in [0.15, 0.2) is 27.1 Å². The van der Waals surface area contributed by atoms with Crippen LogP contribution in [0.5, 0.6) is 5.75 Å². The van der Waals surface area contributed by atoms with Gasteiger partial charge in [-0.3, -0.25) is 19.0 Å². The predicted molar refractivity (Wildman–Crippen MR) is 125 cm³/mol. The number of sulfone groups is 1. The quantitative estimate of drug-likeness (QED) is 0.400. The molecule has 1 amide bonds. The lowest BCUT2D eigenvalue weighted by Crippen LogP contribution is -2.29. The SMILES string of the molecule is NC(=O)c1c(O)c2ccccc2c(=O)n1-c1ccc(CC(=O)CS(=O)(=O)c2cccs2)cc1F. The van der Waals surface area contributed by atoms with E-state index in [-0.39, 0.29) is 32.7 Å². The molecular weight excluding hydrogens is 483 g/mol. The van der Waals surface area contributed by atoms with E-state index in [4.69, 9.17) is 5.73 Å². The number of amides is 1. The lowest BCUT2D eigenvalue weighted by molar-refractivity contribution is -0.116. The number of rotatable bonds is 7. The van der Waals surface area contributed by atoms with Crippen LogP contribution in [0, 0.1) is 5.82 Å². The van der Waals surface area contributed by atoms with Gasteiger partial charge in [-0.1, -0.05) is 30.3 Å². The van der Waals surface area contributed by atoms with Crippen LogP contribution in [0.25, 0.3) is 16.5 Å². The monoisotopic (exact) mass is 500 g/mol. The molecule has 0 bridgehead atoms. The summed E-state index contributed by atoms with van der Waals surface area (Å²) in [5.41, 5.74) is 3.83. The fraction of sp³-hybridized carbons (Fsp3) is 0.0870. The van der Waals surface area contributed by atoms with Gasteiger partial charge in [0.05, 0.1) is 11.1 Å². The van der Waals surface area contributed by atoms with Gasteiger partial charge in [-0.05, 0) is 35.2 Å². The highest BCUT2D eigenvalue weighted by Gasteiger charge is 2.24. The number of hydrogen-bond acceptors (Lipinski definition) is 7. The Labute approximate surface area is 196 Å². The van der Waals surface area contributed by atoms with Crippen molar-refractivity contribution in [2.45, 2.75) is 10.6 Å². The number of nitrogens with two attached hydrogens (primary N) is 1. The number of aromatic nitrogens is 1. The molecule has 0 spiro atoms. The molecule has 0 aliphatic rings. The molecule has 8 nitrogen and oxygen atoms in total. The highest BCUT2D eigenvalue weighted by molar-refractivity contribution is 7.94. The highest BCUT2D eigenvalue weighted by atomic mass is 32.2. The molecular formula is C23H17FN2O6S2. The third-order valence-electron chi connectivity index (χ3n) is 5.10. The summed E-state index contributed by atoms with van der Waals surface area (Å²) in [6.45, 7) is 0. The van der Waals surface area contributed by atoms with Gasteiger partial charge in [0, 0.05) is 11.8 Å². The van der Waals surface area contributed by atoms with Gasteiger partial charge >= 0.3 is 0 Å². The normalized spacial score (nSPS) is 11.6. The second-order valence-electron chi connectivity index (χ2n) is 7.44. The Morgan fingerprint density at radius 3 is 2.38 bits per heavy atom. The minimum absolute atomic E-state index is 0.0439. The average Bonchev–Trinajstić information content (AvgIpc) is 3.32. The third-order valence-corrected chi connectivity index (χ3v) is 8.27. The van der Waals surface area contributed by atoms with Gasteiger partial charge in [0.1, 0.15) is 15.8 Å². The number of thiophene rings is 1. The van der Waals surface area contributed by atoms with E-state index in [0.29, 0.717) is 4.57 Å². The van der Waals surface area contributed by atoms with Crippen LogP contribution < -0.4 is 11.3 Å². The molecule has 0 radical (unpaired) electrons. The van der Waals surface area contributed by atoms with Crippen molar-refractivity contribution >= 4 is 43.6 Å². The first-order valence-corrected chi connectivity index (χ1v) is 12.4. The number of pyridine rings is 1. The van der Waals surface area contributed by atoms with Gasteiger partial charge < -0.3 is 10.8 Å². The molecule has 0 saturated carbocycles. The molecule has 2 aromatic heterocycles. The molecule has 0 aliphatic heterocycles. The molecule has 4 aromatic rings. The first-order chi connectivity index (χ1) is 16.1. The smallest absolute Gasteiger partial charge is 0.269 e. The number of carbonyl (C=O) groups is 2. The van der Waals surface area contributed by atoms with E-state index in [1.807, 2.05) is 0 Å². The Kier molecular flexibility index (Phi) is 6.07.